The van der Waals surface area contributed by atoms with Crippen LogP contribution in [0.25, 0.3) is 0 Å². The lowest BCUT2D eigenvalue weighted by atomic mass is 10.3. The Morgan fingerprint density at radius 1 is 1.39 bits per heavy atom. The summed E-state index contributed by atoms with van der Waals surface area (Å²) in [7, 11) is 0. The van der Waals surface area contributed by atoms with Crippen LogP contribution in [-0.4, -0.2) is 14.8 Å². The molecule has 2 rings (SSSR count). The highest BCUT2D eigenvalue weighted by atomic mass is 35.5. The Morgan fingerprint density at radius 2 is 2.22 bits per heavy atom. The summed E-state index contributed by atoms with van der Waals surface area (Å²) in [6, 6.07) is 4.34. The largest absolute Gasteiger partial charge is 0.378 e. The van der Waals surface area contributed by atoms with Gasteiger partial charge < -0.3 is 5.32 Å². The van der Waals surface area contributed by atoms with Crippen molar-refractivity contribution in [2.24, 2.45) is 0 Å². The second-order valence-electron chi connectivity index (χ2n) is 3.91. The summed E-state index contributed by atoms with van der Waals surface area (Å²) in [4.78, 5) is 4.16. The summed E-state index contributed by atoms with van der Waals surface area (Å²) in [6.45, 7) is 3.38. The summed E-state index contributed by atoms with van der Waals surface area (Å²) in [5.41, 5.74) is 0.631. The second-order valence-corrected chi connectivity index (χ2v) is 4.35. The van der Waals surface area contributed by atoms with Crippen molar-refractivity contribution in [2.45, 2.75) is 26.4 Å². The van der Waals surface area contributed by atoms with E-state index in [0.717, 1.165) is 18.8 Å². The third-order valence-corrected chi connectivity index (χ3v) is 2.66. The lowest BCUT2D eigenvalue weighted by Gasteiger charge is -2.08. The van der Waals surface area contributed by atoms with Crippen LogP contribution in [0.4, 0.5) is 10.1 Å². The van der Waals surface area contributed by atoms with Gasteiger partial charge in [0.1, 0.15) is 18.0 Å². The van der Waals surface area contributed by atoms with E-state index in [2.05, 4.69) is 22.3 Å². The number of benzene rings is 1. The van der Waals surface area contributed by atoms with Crippen LogP contribution in [0, 0.1) is 5.82 Å². The predicted octanol–water partition coefficient (Wildman–Crippen LogP) is 3.09. The molecule has 0 unspecified atom stereocenters. The second kappa shape index (κ2) is 5.82. The van der Waals surface area contributed by atoms with Gasteiger partial charge in [0.25, 0.3) is 0 Å². The molecule has 18 heavy (non-hydrogen) atoms. The van der Waals surface area contributed by atoms with E-state index < -0.39 is 0 Å². The van der Waals surface area contributed by atoms with Gasteiger partial charge in [0.15, 0.2) is 0 Å². The van der Waals surface area contributed by atoms with Gasteiger partial charge in [-0.15, -0.1) is 0 Å². The molecule has 6 heteroatoms. The van der Waals surface area contributed by atoms with E-state index in [0.29, 0.717) is 17.3 Å². The molecule has 0 saturated carbocycles. The van der Waals surface area contributed by atoms with Crippen LogP contribution >= 0.6 is 11.6 Å². The smallest absolute Gasteiger partial charge is 0.146 e. The van der Waals surface area contributed by atoms with Gasteiger partial charge in [0, 0.05) is 17.3 Å². The molecule has 0 aliphatic heterocycles. The van der Waals surface area contributed by atoms with Crippen LogP contribution in [-0.2, 0) is 13.1 Å². The molecule has 4 nitrogen and oxygen atoms in total. The van der Waals surface area contributed by atoms with E-state index in [-0.39, 0.29) is 5.82 Å². The van der Waals surface area contributed by atoms with E-state index in [4.69, 9.17) is 11.6 Å². The number of nitrogens with zero attached hydrogens (tertiary/aromatic N) is 3. The van der Waals surface area contributed by atoms with Gasteiger partial charge in [0.05, 0.1) is 6.54 Å². The van der Waals surface area contributed by atoms with Crippen molar-refractivity contribution in [2.75, 3.05) is 5.32 Å². The lowest BCUT2D eigenvalue weighted by Crippen LogP contribution is -2.10. The van der Waals surface area contributed by atoms with E-state index in [1.54, 1.807) is 6.07 Å². The number of aromatic nitrogens is 3. The topological polar surface area (TPSA) is 42.7 Å². The van der Waals surface area contributed by atoms with E-state index in [1.165, 1.54) is 18.5 Å². The number of anilines is 1. The van der Waals surface area contributed by atoms with Crippen molar-refractivity contribution in [3.63, 3.8) is 0 Å². The molecule has 0 aliphatic carbocycles. The molecule has 0 aliphatic rings. The highest BCUT2D eigenvalue weighted by Gasteiger charge is 2.04. The highest BCUT2D eigenvalue weighted by molar-refractivity contribution is 6.30. The van der Waals surface area contributed by atoms with Crippen LogP contribution in [0.15, 0.2) is 24.5 Å². The number of hydrogen-bond donors (Lipinski definition) is 1. The molecule has 0 amide bonds. The van der Waals surface area contributed by atoms with Crippen molar-refractivity contribution in [3.8, 4) is 0 Å². The molecule has 1 aromatic heterocycles. The monoisotopic (exact) mass is 268 g/mol. The molecule has 1 aromatic carbocycles. The molecule has 0 radical (unpaired) electrons. The Morgan fingerprint density at radius 3 is 2.94 bits per heavy atom. The normalized spacial score (nSPS) is 10.6. The Kier molecular flexibility index (Phi) is 4.15. The van der Waals surface area contributed by atoms with Gasteiger partial charge in [-0.2, -0.15) is 5.10 Å². The van der Waals surface area contributed by atoms with Crippen molar-refractivity contribution < 1.29 is 4.39 Å². The summed E-state index contributed by atoms with van der Waals surface area (Å²) in [6.07, 6.45) is 2.51. The number of aryl methyl sites for hydroxylation is 1. The van der Waals surface area contributed by atoms with Crippen molar-refractivity contribution in [1.29, 1.82) is 0 Å². The van der Waals surface area contributed by atoms with Crippen LogP contribution in [0.3, 0.4) is 0 Å². The first-order valence-corrected chi connectivity index (χ1v) is 6.13. The maximum atomic E-state index is 13.1. The third-order valence-electron chi connectivity index (χ3n) is 2.44. The molecule has 1 N–H and O–H groups in total. The Balaban J connectivity index is 2.04. The minimum absolute atomic E-state index is 0.361. The average Bonchev–Trinajstić information content (AvgIpc) is 2.73. The lowest BCUT2D eigenvalue weighted by molar-refractivity contribution is 0.574. The highest BCUT2D eigenvalue weighted by Crippen LogP contribution is 2.18. The minimum atomic E-state index is -0.361. The molecule has 2 aromatic rings. The average molecular weight is 269 g/mol. The maximum absolute atomic E-state index is 13.1. The zero-order chi connectivity index (χ0) is 13.0. The van der Waals surface area contributed by atoms with Gasteiger partial charge in [0.2, 0.25) is 0 Å². The van der Waals surface area contributed by atoms with Crippen LogP contribution in [0.5, 0.6) is 0 Å². The van der Waals surface area contributed by atoms with Crippen molar-refractivity contribution in [1.82, 2.24) is 14.8 Å². The molecule has 0 fully saturated rings. The van der Waals surface area contributed by atoms with Gasteiger partial charge >= 0.3 is 0 Å². The van der Waals surface area contributed by atoms with E-state index in [9.17, 15) is 4.39 Å². The fraction of sp³-hybridized carbons (Fsp3) is 0.333. The van der Waals surface area contributed by atoms with Crippen LogP contribution < -0.4 is 5.32 Å². The first-order chi connectivity index (χ1) is 8.69. The van der Waals surface area contributed by atoms with Crippen LogP contribution in [0.1, 0.15) is 19.2 Å². The molecule has 0 spiro atoms. The summed E-state index contributed by atoms with van der Waals surface area (Å²) in [5, 5.41) is 7.57. The zero-order valence-corrected chi connectivity index (χ0v) is 10.8. The van der Waals surface area contributed by atoms with Crippen LogP contribution in [0.2, 0.25) is 5.02 Å². The first-order valence-electron chi connectivity index (χ1n) is 5.75. The zero-order valence-electron chi connectivity index (χ0n) is 10.0. The molecule has 96 valence electrons. The van der Waals surface area contributed by atoms with Gasteiger partial charge in [-0.1, -0.05) is 18.5 Å². The third kappa shape index (κ3) is 3.20. The quantitative estimate of drug-likeness (QED) is 0.906. The van der Waals surface area contributed by atoms with Gasteiger partial charge in [-0.25, -0.2) is 14.1 Å². The van der Waals surface area contributed by atoms with Crippen molar-refractivity contribution >= 4 is 17.3 Å². The predicted molar refractivity (Wildman–Crippen MR) is 69.0 cm³/mol. The molecule has 0 saturated heterocycles. The molecule has 0 bridgehead atoms. The minimum Gasteiger partial charge on any atom is -0.378 e. The standard InChI is InChI=1S/C12H14ClFN4/c1-2-3-18-12(16-8-17-18)7-15-11-5-9(13)4-10(14)6-11/h4-6,8,15H,2-3,7H2,1H3. The summed E-state index contributed by atoms with van der Waals surface area (Å²) < 4.78 is 15.0. The summed E-state index contributed by atoms with van der Waals surface area (Å²) >= 11 is 5.78. The molecule has 0 atom stereocenters. The number of nitrogens with one attached hydrogen (secondary N) is 1. The maximum Gasteiger partial charge on any atom is 0.146 e. The fourth-order valence-electron chi connectivity index (χ4n) is 1.66. The van der Waals surface area contributed by atoms with Gasteiger partial charge in [-0.3, -0.25) is 0 Å². The van der Waals surface area contributed by atoms with E-state index >= 15 is 0 Å². The molecule has 1 heterocycles. The number of hydrogen-bond acceptors (Lipinski definition) is 3. The Bertz CT molecular complexity index is 506. The fourth-order valence-corrected chi connectivity index (χ4v) is 1.88. The summed E-state index contributed by atoms with van der Waals surface area (Å²) in [5.74, 6) is 0.456. The first kappa shape index (κ1) is 12.8. The number of halogens is 2. The SMILES string of the molecule is CCCn1ncnc1CNc1cc(F)cc(Cl)c1. The molecular weight excluding hydrogens is 255 g/mol. The number of rotatable bonds is 5. The van der Waals surface area contributed by atoms with Crippen molar-refractivity contribution in [3.05, 3.63) is 41.2 Å². The van der Waals surface area contributed by atoms with Gasteiger partial charge in [-0.05, 0) is 24.6 Å². The van der Waals surface area contributed by atoms with E-state index in [1.807, 2.05) is 4.68 Å². The molecular formula is C12H14ClFN4. The Labute approximate surface area is 110 Å². The Hall–Kier alpha value is -1.62.